The van der Waals surface area contributed by atoms with Gasteiger partial charge in [0.2, 0.25) is 5.82 Å². The molecule has 0 atom stereocenters. The van der Waals surface area contributed by atoms with E-state index in [1.807, 2.05) is 30.3 Å². The molecular formula is C19H14ClF3N6. The summed E-state index contributed by atoms with van der Waals surface area (Å²) >= 11 is 5.86. The second-order valence-corrected chi connectivity index (χ2v) is 6.71. The van der Waals surface area contributed by atoms with Crippen LogP contribution in [0.15, 0.2) is 54.6 Å². The summed E-state index contributed by atoms with van der Waals surface area (Å²) in [6.45, 7) is 0.481. The molecule has 6 nitrogen and oxygen atoms in total. The quantitative estimate of drug-likeness (QED) is 0.515. The normalized spacial score (nSPS) is 11.7. The van der Waals surface area contributed by atoms with E-state index in [0.29, 0.717) is 5.02 Å². The number of alkyl halides is 3. The molecule has 0 saturated carbocycles. The van der Waals surface area contributed by atoms with E-state index < -0.39 is 12.0 Å². The predicted molar refractivity (Wildman–Crippen MR) is 102 cm³/mol. The minimum absolute atomic E-state index is 0.00906. The maximum absolute atomic E-state index is 13.4. The number of benzene rings is 2. The van der Waals surface area contributed by atoms with E-state index in [1.165, 1.54) is 4.68 Å². The van der Waals surface area contributed by atoms with Gasteiger partial charge in [-0.1, -0.05) is 59.3 Å². The topological polar surface area (TPSA) is 68.5 Å². The first-order valence-corrected chi connectivity index (χ1v) is 8.98. The third-order valence-corrected chi connectivity index (χ3v) is 4.42. The van der Waals surface area contributed by atoms with Crippen LogP contribution in [0.2, 0.25) is 5.02 Å². The fourth-order valence-electron chi connectivity index (χ4n) is 2.76. The number of anilines is 1. The summed E-state index contributed by atoms with van der Waals surface area (Å²) in [5, 5.41) is 11.5. The van der Waals surface area contributed by atoms with Crippen molar-refractivity contribution in [3.8, 4) is 0 Å². The van der Waals surface area contributed by atoms with Gasteiger partial charge in [0, 0.05) is 11.6 Å². The fraction of sp³-hybridized carbons (Fsp3) is 0.158. The third-order valence-electron chi connectivity index (χ3n) is 4.16. The Labute approximate surface area is 168 Å². The summed E-state index contributed by atoms with van der Waals surface area (Å²) in [6.07, 6.45) is -4.70. The van der Waals surface area contributed by atoms with Crippen LogP contribution in [0.5, 0.6) is 0 Å². The van der Waals surface area contributed by atoms with Gasteiger partial charge in [0.25, 0.3) is 0 Å². The van der Waals surface area contributed by atoms with Crippen LogP contribution in [-0.4, -0.2) is 25.0 Å². The molecule has 0 bridgehead atoms. The molecule has 1 N–H and O–H groups in total. The molecule has 0 unspecified atom stereocenters. The molecule has 0 saturated heterocycles. The van der Waals surface area contributed by atoms with Crippen LogP contribution in [0.1, 0.15) is 17.0 Å². The fourth-order valence-corrected chi connectivity index (χ4v) is 2.88. The van der Waals surface area contributed by atoms with E-state index in [1.54, 1.807) is 24.3 Å². The number of aromatic nitrogens is 5. The number of hydrogen-bond donors (Lipinski definition) is 1. The monoisotopic (exact) mass is 418 g/mol. The lowest BCUT2D eigenvalue weighted by Crippen LogP contribution is -2.15. The molecule has 0 aliphatic heterocycles. The van der Waals surface area contributed by atoms with Gasteiger partial charge in [0.1, 0.15) is 0 Å². The SMILES string of the molecule is FC(F)(F)c1nc(NCc2ccc(Cl)cc2)c2nnn(Cc3ccccc3)c2n1. The number of nitrogens with zero attached hydrogens (tertiary/aromatic N) is 5. The molecule has 0 spiro atoms. The second kappa shape index (κ2) is 7.67. The molecule has 2 aromatic carbocycles. The molecule has 10 heteroatoms. The number of fused-ring (bicyclic) bond motifs is 1. The van der Waals surface area contributed by atoms with Gasteiger partial charge in [-0.15, -0.1) is 5.10 Å². The Morgan fingerprint density at radius 1 is 0.931 bits per heavy atom. The minimum atomic E-state index is -4.70. The smallest absolute Gasteiger partial charge is 0.364 e. The highest BCUT2D eigenvalue weighted by Gasteiger charge is 2.36. The van der Waals surface area contributed by atoms with Gasteiger partial charge in [0.15, 0.2) is 17.0 Å². The number of nitrogens with one attached hydrogen (secondary N) is 1. The Balaban J connectivity index is 1.71. The zero-order valence-corrected chi connectivity index (χ0v) is 15.6. The average molecular weight is 419 g/mol. The molecule has 0 fully saturated rings. The van der Waals surface area contributed by atoms with Gasteiger partial charge in [-0.25, -0.2) is 14.6 Å². The summed E-state index contributed by atoms with van der Waals surface area (Å²) in [7, 11) is 0. The highest BCUT2D eigenvalue weighted by molar-refractivity contribution is 6.30. The zero-order chi connectivity index (χ0) is 20.4. The van der Waals surface area contributed by atoms with Crippen molar-refractivity contribution in [1.29, 1.82) is 0 Å². The lowest BCUT2D eigenvalue weighted by Gasteiger charge is -2.10. The highest BCUT2D eigenvalue weighted by atomic mass is 35.5. The summed E-state index contributed by atoms with van der Waals surface area (Å²) in [4.78, 5) is 7.31. The maximum atomic E-state index is 13.4. The Morgan fingerprint density at radius 3 is 2.34 bits per heavy atom. The highest BCUT2D eigenvalue weighted by Crippen LogP contribution is 2.30. The maximum Gasteiger partial charge on any atom is 0.451 e. The van der Waals surface area contributed by atoms with E-state index in [2.05, 4.69) is 25.6 Å². The molecule has 4 aromatic rings. The first-order valence-electron chi connectivity index (χ1n) is 8.61. The molecule has 29 heavy (non-hydrogen) atoms. The van der Waals surface area contributed by atoms with E-state index >= 15 is 0 Å². The molecule has 0 amide bonds. The van der Waals surface area contributed by atoms with Crippen LogP contribution in [0, 0.1) is 0 Å². The van der Waals surface area contributed by atoms with Gasteiger partial charge in [-0.2, -0.15) is 13.2 Å². The van der Waals surface area contributed by atoms with E-state index in [4.69, 9.17) is 11.6 Å². The van der Waals surface area contributed by atoms with E-state index in [0.717, 1.165) is 11.1 Å². The van der Waals surface area contributed by atoms with Crippen molar-refractivity contribution in [3.05, 3.63) is 76.6 Å². The second-order valence-electron chi connectivity index (χ2n) is 6.28. The summed E-state index contributed by atoms with van der Waals surface area (Å²) in [6, 6.07) is 16.2. The van der Waals surface area contributed by atoms with Gasteiger partial charge >= 0.3 is 6.18 Å². The number of rotatable bonds is 5. The Bertz CT molecular complexity index is 1130. The minimum Gasteiger partial charge on any atom is -0.364 e. The lowest BCUT2D eigenvalue weighted by molar-refractivity contribution is -0.144. The lowest BCUT2D eigenvalue weighted by atomic mass is 10.2. The summed E-state index contributed by atoms with van der Waals surface area (Å²) in [5.41, 5.74) is 1.87. The molecule has 0 radical (unpaired) electrons. The van der Waals surface area contributed by atoms with Crippen LogP contribution in [0.25, 0.3) is 11.2 Å². The third kappa shape index (κ3) is 4.29. The molecular weight excluding hydrogens is 405 g/mol. The standard InChI is InChI=1S/C19H14ClF3N6/c20-14-8-6-12(7-9-14)10-24-16-15-17(26-18(25-16)19(21,22)23)29(28-27-15)11-13-4-2-1-3-5-13/h1-9H,10-11H2,(H,24,25,26). The van der Waals surface area contributed by atoms with Crippen LogP contribution in [0.4, 0.5) is 19.0 Å². The van der Waals surface area contributed by atoms with Crippen molar-refractivity contribution in [2.75, 3.05) is 5.32 Å². The van der Waals surface area contributed by atoms with Crippen LogP contribution >= 0.6 is 11.6 Å². The molecule has 2 aromatic heterocycles. The van der Waals surface area contributed by atoms with E-state index in [-0.39, 0.29) is 30.1 Å². The van der Waals surface area contributed by atoms with Crippen molar-refractivity contribution in [1.82, 2.24) is 25.0 Å². The van der Waals surface area contributed by atoms with E-state index in [9.17, 15) is 13.2 Å². The van der Waals surface area contributed by atoms with Gasteiger partial charge in [0.05, 0.1) is 6.54 Å². The van der Waals surface area contributed by atoms with Gasteiger partial charge < -0.3 is 5.32 Å². The van der Waals surface area contributed by atoms with Crippen molar-refractivity contribution in [2.45, 2.75) is 19.3 Å². The summed E-state index contributed by atoms with van der Waals surface area (Å²) < 4.78 is 41.4. The number of halogens is 4. The van der Waals surface area contributed by atoms with Crippen molar-refractivity contribution < 1.29 is 13.2 Å². The first kappa shape index (κ1) is 19.1. The number of hydrogen-bond acceptors (Lipinski definition) is 5. The van der Waals surface area contributed by atoms with Crippen molar-refractivity contribution in [2.24, 2.45) is 0 Å². The zero-order valence-electron chi connectivity index (χ0n) is 14.9. The van der Waals surface area contributed by atoms with Crippen LogP contribution in [0.3, 0.4) is 0 Å². The van der Waals surface area contributed by atoms with Crippen molar-refractivity contribution >= 4 is 28.6 Å². The molecule has 4 rings (SSSR count). The molecule has 0 aliphatic carbocycles. The van der Waals surface area contributed by atoms with Crippen LogP contribution < -0.4 is 5.32 Å². The predicted octanol–water partition coefficient (Wildman–Crippen LogP) is 4.55. The summed E-state index contributed by atoms with van der Waals surface area (Å²) in [5.74, 6) is -1.28. The van der Waals surface area contributed by atoms with Gasteiger partial charge in [-0.3, -0.25) is 0 Å². The largest absolute Gasteiger partial charge is 0.451 e. The average Bonchev–Trinajstić information content (AvgIpc) is 3.10. The Hall–Kier alpha value is -3.20. The van der Waals surface area contributed by atoms with Crippen LogP contribution in [-0.2, 0) is 19.3 Å². The van der Waals surface area contributed by atoms with Gasteiger partial charge in [-0.05, 0) is 23.3 Å². The molecule has 0 aliphatic rings. The molecule has 148 valence electrons. The Kier molecular flexibility index (Phi) is 5.06. The molecule has 2 heterocycles. The van der Waals surface area contributed by atoms with Crippen molar-refractivity contribution in [3.63, 3.8) is 0 Å². The first-order chi connectivity index (χ1) is 13.9. The Morgan fingerprint density at radius 2 is 1.66 bits per heavy atom.